The van der Waals surface area contributed by atoms with Gasteiger partial charge in [-0.3, -0.25) is 9.52 Å². The predicted octanol–water partition coefficient (Wildman–Crippen LogP) is 4.31. The molecule has 0 aliphatic carbocycles. The number of benzene rings is 2. The first kappa shape index (κ1) is 19.3. The minimum absolute atomic E-state index is 0.107. The van der Waals surface area contributed by atoms with E-state index in [1.807, 2.05) is 26.8 Å². The van der Waals surface area contributed by atoms with E-state index in [-0.39, 0.29) is 16.7 Å². The first-order chi connectivity index (χ1) is 12.7. The Morgan fingerprint density at radius 3 is 2.52 bits per heavy atom. The quantitative estimate of drug-likeness (QED) is 0.664. The zero-order chi connectivity index (χ0) is 19.8. The Labute approximate surface area is 162 Å². The summed E-state index contributed by atoms with van der Waals surface area (Å²) in [5.74, 6) is -0.248. The predicted molar refractivity (Wildman–Crippen MR) is 110 cm³/mol. The largest absolute Gasteiger partial charge is 0.302 e. The van der Waals surface area contributed by atoms with E-state index in [1.54, 1.807) is 37.3 Å². The second-order valence-corrected chi connectivity index (χ2v) is 9.40. The molecule has 1 heterocycles. The van der Waals surface area contributed by atoms with Crippen molar-refractivity contribution in [2.45, 2.75) is 32.6 Å². The van der Waals surface area contributed by atoms with Crippen LogP contribution >= 0.6 is 11.3 Å². The average molecular weight is 404 g/mol. The van der Waals surface area contributed by atoms with Gasteiger partial charge in [0, 0.05) is 5.92 Å². The lowest BCUT2D eigenvalue weighted by Gasteiger charge is -2.11. The van der Waals surface area contributed by atoms with E-state index >= 15 is 0 Å². The average Bonchev–Trinajstić information content (AvgIpc) is 2.95. The number of anilines is 2. The number of aryl methyl sites for hydroxylation is 2. The summed E-state index contributed by atoms with van der Waals surface area (Å²) in [6, 6.07) is 10.4. The van der Waals surface area contributed by atoms with Crippen molar-refractivity contribution >= 4 is 48.3 Å². The molecule has 0 unspecified atom stereocenters. The molecule has 0 spiro atoms. The summed E-state index contributed by atoms with van der Waals surface area (Å²) in [6.45, 7) is 7.31. The maximum Gasteiger partial charge on any atom is 0.262 e. The van der Waals surface area contributed by atoms with Crippen molar-refractivity contribution in [2.24, 2.45) is 5.92 Å². The van der Waals surface area contributed by atoms with Crippen LogP contribution in [0.2, 0.25) is 0 Å². The molecule has 3 rings (SSSR count). The molecular weight excluding hydrogens is 382 g/mol. The Balaban J connectivity index is 1.87. The van der Waals surface area contributed by atoms with Gasteiger partial charge in [-0.25, -0.2) is 13.4 Å². The number of rotatable bonds is 5. The smallest absolute Gasteiger partial charge is 0.262 e. The van der Waals surface area contributed by atoms with E-state index in [9.17, 15) is 13.2 Å². The maximum absolute atomic E-state index is 12.7. The van der Waals surface area contributed by atoms with Gasteiger partial charge in [-0.2, -0.15) is 0 Å². The molecule has 0 saturated heterocycles. The second kappa shape index (κ2) is 7.28. The normalized spacial score (nSPS) is 11.7. The number of aromatic nitrogens is 1. The van der Waals surface area contributed by atoms with E-state index in [2.05, 4.69) is 15.0 Å². The molecule has 6 nitrogen and oxygen atoms in total. The number of hydrogen-bond acceptors (Lipinski definition) is 5. The summed E-state index contributed by atoms with van der Waals surface area (Å²) < 4.78 is 28.9. The van der Waals surface area contributed by atoms with Crippen molar-refractivity contribution in [1.29, 1.82) is 0 Å². The van der Waals surface area contributed by atoms with Crippen molar-refractivity contribution < 1.29 is 13.2 Å². The van der Waals surface area contributed by atoms with Crippen LogP contribution in [-0.2, 0) is 14.8 Å². The summed E-state index contributed by atoms with van der Waals surface area (Å²) in [6.07, 6.45) is 0. The molecule has 0 radical (unpaired) electrons. The van der Waals surface area contributed by atoms with Crippen LogP contribution in [0.25, 0.3) is 10.2 Å². The third-order valence-corrected chi connectivity index (χ3v) is 6.51. The highest BCUT2D eigenvalue weighted by atomic mass is 32.2. The summed E-state index contributed by atoms with van der Waals surface area (Å²) in [7, 11) is -3.70. The molecule has 0 fully saturated rings. The van der Waals surface area contributed by atoms with Crippen LogP contribution in [0.1, 0.15) is 25.0 Å². The molecule has 142 valence electrons. The monoisotopic (exact) mass is 403 g/mol. The molecular formula is C19H21N3O3S2. The van der Waals surface area contributed by atoms with Crippen LogP contribution in [0.5, 0.6) is 0 Å². The third kappa shape index (κ3) is 4.28. The maximum atomic E-state index is 12.7. The minimum Gasteiger partial charge on any atom is -0.302 e. The first-order valence-corrected chi connectivity index (χ1v) is 10.8. The van der Waals surface area contributed by atoms with Gasteiger partial charge in [0.15, 0.2) is 5.13 Å². The van der Waals surface area contributed by atoms with E-state index < -0.39 is 10.0 Å². The van der Waals surface area contributed by atoms with Gasteiger partial charge in [-0.15, -0.1) is 0 Å². The van der Waals surface area contributed by atoms with Crippen molar-refractivity contribution in [1.82, 2.24) is 4.98 Å². The Morgan fingerprint density at radius 1 is 1.11 bits per heavy atom. The molecule has 0 aliphatic heterocycles. The number of fused-ring (bicyclic) bond motifs is 1. The Morgan fingerprint density at radius 2 is 1.85 bits per heavy atom. The van der Waals surface area contributed by atoms with E-state index in [0.29, 0.717) is 21.9 Å². The first-order valence-electron chi connectivity index (χ1n) is 8.47. The molecule has 0 atom stereocenters. The summed E-state index contributed by atoms with van der Waals surface area (Å²) in [5, 5.41) is 3.27. The highest BCUT2D eigenvalue weighted by Crippen LogP contribution is 2.29. The lowest BCUT2D eigenvalue weighted by atomic mass is 10.2. The number of thiazole rings is 1. The number of nitrogens with zero attached hydrogens (tertiary/aromatic N) is 1. The summed E-state index contributed by atoms with van der Waals surface area (Å²) in [5.41, 5.74) is 2.75. The zero-order valence-corrected chi connectivity index (χ0v) is 17.2. The van der Waals surface area contributed by atoms with Crippen LogP contribution in [0, 0.1) is 19.8 Å². The Kier molecular flexibility index (Phi) is 5.21. The Hall–Kier alpha value is -2.45. The van der Waals surface area contributed by atoms with Gasteiger partial charge in [-0.05, 0) is 43.7 Å². The minimum atomic E-state index is -3.70. The van der Waals surface area contributed by atoms with Gasteiger partial charge in [-0.1, -0.05) is 42.9 Å². The van der Waals surface area contributed by atoms with Gasteiger partial charge in [0.1, 0.15) is 0 Å². The molecule has 0 aliphatic rings. The van der Waals surface area contributed by atoms with Gasteiger partial charge in [0.25, 0.3) is 10.0 Å². The van der Waals surface area contributed by atoms with E-state index in [4.69, 9.17) is 0 Å². The van der Waals surface area contributed by atoms with Crippen LogP contribution in [0.4, 0.5) is 10.8 Å². The van der Waals surface area contributed by atoms with Crippen LogP contribution < -0.4 is 10.0 Å². The molecule has 27 heavy (non-hydrogen) atoms. The number of amides is 1. The molecule has 0 bridgehead atoms. The SMILES string of the molecule is Cc1ccc(S(=O)(=O)Nc2ccc3sc(NC(=O)C(C)C)nc3c2)c(C)c1. The van der Waals surface area contributed by atoms with Crippen LogP contribution in [-0.4, -0.2) is 19.3 Å². The fraction of sp³-hybridized carbons (Fsp3) is 0.263. The van der Waals surface area contributed by atoms with Crippen molar-refractivity contribution in [3.8, 4) is 0 Å². The van der Waals surface area contributed by atoms with E-state index in [1.165, 1.54) is 11.3 Å². The zero-order valence-electron chi connectivity index (χ0n) is 15.5. The van der Waals surface area contributed by atoms with E-state index in [0.717, 1.165) is 10.3 Å². The highest BCUT2D eigenvalue weighted by molar-refractivity contribution is 7.92. The summed E-state index contributed by atoms with van der Waals surface area (Å²) >= 11 is 1.35. The Bertz CT molecular complexity index is 1120. The van der Waals surface area contributed by atoms with Crippen molar-refractivity contribution in [3.63, 3.8) is 0 Å². The van der Waals surface area contributed by atoms with Crippen molar-refractivity contribution in [3.05, 3.63) is 47.5 Å². The van der Waals surface area contributed by atoms with Gasteiger partial charge in [0.05, 0.1) is 20.8 Å². The van der Waals surface area contributed by atoms with Crippen molar-refractivity contribution in [2.75, 3.05) is 10.0 Å². The van der Waals surface area contributed by atoms with Crippen LogP contribution in [0.15, 0.2) is 41.3 Å². The molecule has 2 N–H and O–H groups in total. The number of sulfonamides is 1. The lowest BCUT2D eigenvalue weighted by Crippen LogP contribution is -2.17. The molecule has 3 aromatic rings. The molecule has 0 saturated carbocycles. The fourth-order valence-corrected chi connectivity index (χ4v) is 4.73. The second-order valence-electron chi connectivity index (χ2n) is 6.72. The summed E-state index contributed by atoms with van der Waals surface area (Å²) in [4.78, 5) is 16.4. The number of carbonyl (C=O) groups excluding carboxylic acids is 1. The van der Waals surface area contributed by atoms with Gasteiger partial charge in [0.2, 0.25) is 5.91 Å². The highest BCUT2D eigenvalue weighted by Gasteiger charge is 2.18. The van der Waals surface area contributed by atoms with Gasteiger partial charge < -0.3 is 5.32 Å². The fourth-order valence-electron chi connectivity index (χ4n) is 2.61. The van der Waals surface area contributed by atoms with Crippen LogP contribution in [0.3, 0.4) is 0 Å². The standard InChI is InChI=1S/C19H21N3O3S2/c1-11(2)18(23)21-19-20-15-10-14(6-7-16(15)26-19)22-27(24,25)17-8-5-12(3)9-13(17)4/h5-11,22H,1-4H3,(H,20,21,23). The number of carbonyl (C=O) groups is 1. The van der Waals surface area contributed by atoms with Gasteiger partial charge >= 0.3 is 0 Å². The number of nitrogens with one attached hydrogen (secondary N) is 2. The molecule has 2 aromatic carbocycles. The third-order valence-electron chi connectivity index (χ3n) is 4.01. The molecule has 1 amide bonds. The molecule has 1 aromatic heterocycles. The topological polar surface area (TPSA) is 88.2 Å². The molecule has 8 heteroatoms. The number of hydrogen-bond donors (Lipinski definition) is 2. The lowest BCUT2D eigenvalue weighted by molar-refractivity contribution is -0.118.